The van der Waals surface area contributed by atoms with Crippen molar-refractivity contribution in [3.63, 3.8) is 0 Å². The largest absolute Gasteiger partial charge is 0.466 e. The number of hydrogen-bond acceptors (Lipinski definition) is 3. The summed E-state index contributed by atoms with van der Waals surface area (Å²) in [6.07, 6.45) is 4.05. The number of carbonyl (C=O) groups excluding carboxylic acids is 1. The van der Waals surface area contributed by atoms with Crippen molar-refractivity contribution >= 4 is 17.6 Å². The minimum absolute atomic E-state index is 0.0668. The van der Waals surface area contributed by atoms with Gasteiger partial charge in [-0.15, -0.1) is 0 Å². The fraction of sp³-hybridized carbons (Fsp3) is 0.370. The molecule has 2 atom stereocenters. The first-order valence-corrected chi connectivity index (χ1v) is 11.4. The highest BCUT2D eigenvalue weighted by Crippen LogP contribution is 2.52. The summed E-state index contributed by atoms with van der Waals surface area (Å²) in [6.45, 7) is 1.96. The van der Waals surface area contributed by atoms with Gasteiger partial charge in [0.25, 0.3) is 0 Å². The number of methoxy groups -OCH3 is 1. The molecular weight excluding hydrogens is 446 g/mol. The quantitative estimate of drug-likeness (QED) is 0.307. The molecule has 178 valence electrons. The molecule has 0 aromatic heterocycles. The van der Waals surface area contributed by atoms with Gasteiger partial charge in [-0.3, -0.25) is 4.90 Å². The summed E-state index contributed by atoms with van der Waals surface area (Å²) in [5, 5.41) is 0. The first kappa shape index (κ1) is 22.8. The van der Waals surface area contributed by atoms with Crippen molar-refractivity contribution < 1.29 is 27.1 Å². The van der Waals surface area contributed by atoms with Gasteiger partial charge in [0.05, 0.1) is 13.2 Å². The van der Waals surface area contributed by atoms with Gasteiger partial charge >= 0.3 is 5.97 Å². The topological polar surface area (TPSA) is 29.5 Å². The molecule has 0 saturated heterocycles. The zero-order valence-electron chi connectivity index (χ0n) is 19.0. The van der Waals surface area contributed by atoms with Gasteiger partial charge in [-0.1, -0.05) is 12.1 Å². The van der Waals surface area contributed by atoms with E-state index in [-0.39, 0.29) is 29.5 Å². The third-order valence-corrected chi connectivity index (χ3v) is 7.14. The second-order valence-corrected chi connectivity index (χ2v) is 9.49. The van der Waals surface area contributed by atoms with Gasteiger partial charge in [-0.25, -0.2) is 22.4 Å². The number of benzene rings is 2. The van der Waals surface area contributed by atoms with Gasteiger partial charge in [0.15, 0.2) is 0 Å². The number of carbonyl (C=O) groups is 1. The Bertz CT molecular complexity index is 1210. The number of halogens is 4. The molecule has 34 heavy (non-hydrogen) atoms. The molecule has 1 heterocycles. The van der Waals surface area contributed by atoms with E-state index in [4.69, 9.17) is 0 Å². The highest BCUT2D eigenvalue weighted by atomic mass is 19.1. The average molecular weight is 471 g/mol. The molecule has 0 amide bonds. The fourth-order valence-electron chi connectivity index (χ4n) is 5.29. The molecule has 2 aromatic carbocycles. The number of esters is 1. The summed E-state index contributed by atoms with van der Waals surface area (Å²) in [4.78, 5) is 13.2. The molecule has 1 aliphatic heterocycles. The van der Waals surface area contributed by atoms with E-state index in [1.165, 1.54) is 19.3 Å². The van der Waals surface area contributed by atoms with E-state index in [0.29, 0.717) is 31.2 Å². The Morgan fingerprint density at radius 2 is 1.88 bits per heavy atom. The smallest absolute Gasteiger partial charge is 0.330 e. The lowest BCUT2D eigenvalue weighted by Crippen LogP contribution is -2.45. The van der Waals surface area contributed by atoms with Crippen LogP contribution in [-0.2, 0) is 16.0 Å². The van der Waals surface area contributed by atoms with Gasteiger partial charge in [0.1, 0.15) is 23.1 Å². The second-order valence-electron chi connectivity index (χ2n) is 9.49. The van der Waals surface area contributed by atoms with Crippen molar-refractivity contribution in [1.82, 2.24) is 4.90 Å². The highest BCUT2D eigenvalue weighted by molar-refractivity contribution is 5.87. The number of ether oxygens (including phenoxy) is 1. The van der Waals surface area contributed by atoms with Crippen LogP contribution in [0.4, 0.5) is 17.6 Å². The number of hydrogen-bond donors (Lipinski definition) is 0. The summed E-state index contributed by atoms with van der Waals surface area (Å²) in [5.74, 6) is -2.58. The highest BCUT2D eigenvalue weighted by Gasteiger charge is 2.50. The molecule has 0 spiro atoms. The SMILES string of the molecule is COC(=O)/C=C/c1cc(F)c([C@@H]2C3=C(C[C@@H](C)N2CC2(F)CC2)c2c(F)cccc2C3)c(F)c1. The van der Waals surface area contributed by atoms with E-state index in [9.17, 15) is 13.6 Å². The van der Waals surface area contributed by atoms with Crippen LogP contribution in [0.15, 0.2) is 42.0 Å². The number of rotatable bonds is 5. The van der Waals surface area contributed by atoms with Crippen molar-refractivity contribution in [2.24, 2.45) is 0 Å². The van der Waals surface area contributed by atoms with Crippen LogP contribution in [0.2, 0.25) is 0 Å². The van der Waals surface area contributed by atoms with Gasteiger partial charge < -0.3 is 4.74 Å². The van der Waals surface area contributed by atoms with E-state index in [1.807, 2.05) is 17.9 Å². The Morgan fingerprint density at radius 3 is 2.53 bits per heavy atom. The van der Waals surface area contributed by atoms with Crippen LogP contribution in [0.25, 0.3) is 11.6 Å². The molecule has 2 aromatic rings. The Hall–Kier alpha value is -2.93. The van der Waals surface area contributed by atoms with Gasteiger partial charge in [-0.05, 0) is 79.2 Å². The third kappa shape index (κ3) is 3.96. The minimum atomic E-state index is -1.36. The molecule has 0 unspecified atom stereocenters. The molecule has 0 N–H and O–H groups in total. The lowest BCUT2D eigenvalue weighted by molar-refractivity contribution is -0.134. The lowest BCUT2D eigenvalue weighted by Gasteiger charge is -2.43. The molecule has 0 radical (unpaired) electrons. The minimum Gasteiger partial charge on any atom is -0.466 e. The summed E-state index contributed by atoms with van der Waals surface area (Å²) in [7, 11) is 1.21. The number of fused-ring (bicyclic) bond motifs is 2. The predicted molar refractivity (Wildman–Crippen MR) is 121 cm³/mol. The Kier molecular flexibility index (Phi) is 5.63. The summed E-state index contributed by atoms with van der Waals surface area (Å²) < 4.78 is 65.3. The average Bonchev–Trinajstić information content (AvgIpc) is 3.40. The van der Waals surface area contributed by atoms with E-state index < -0.39 is 29.3 Å². The first-order chi connectivity index (χ1) is 16.2. The standard InChI is InChI=1S/C27H25F4NO2/c1-15-10-18-19(13-17-4-3-5-20(28)24(17)18)26(32(15)14-27(31)8-9-27)25-21(29)11-16(12-22(25)30)6-7-23(33)34-2/h3-7,11-12,15,26H,8-10,13-14H2,1-2H3/b7-6+/t15-,26+/m1/s1. The van der Waals surface area contributed by atoms with E-state index >= 15 is 8.78 Å². The van der Waals surface area contributed by atoms with Crippen molar-refractivity contribution in [2.45, 2.75) is 50.4 Å². The maximum absolute atomic E-state index is 15.5. The van der Waals surface area contributed by atoms with Crippen molar-refractivity contribution in [3.8, 4) is 0 Å². The molecule has 0 bridgehead atoms. The third-order valence-electron chi connectivity index (χ3n) is 7.14. The summed E-state index contributed by atoms with van der Waals surface area (Å²) in [6, 6.07) is 6.07. The molecule has 5 rings (SSSR count). The van der Waals surface area contributed by atoms with Crippen LogP contribution >= 0.6 is 0 Å². The van der Waals surface area contributed by atoms with Crippen LogP contribution in [0, 0.1) is 17.5 Å². The maximum atomic E-state index is 15.5. The maximum Gasteiger partial charge on any atom is 0.330 e. The van der Waals surface area contributed by atoms with Gasteiger partial charge in [0, 0.05) is 29.8 Å². The van der Waals surface area contributed by atoms with Gasteiger partial charge in [-0.2, -0.15) is 0 Å². The molecule has 2 aliphatic carbocycles. The van der Waals surface area contributed by atoms with Crippen LogP contribution < -0.4 is 0 Å². The molecule has 7 heteroatoms. The first-order valence-electron chi connectivity index (χ1n) is 11.4. The van der Waals surface area contributed by atoms with Crippen LogP contribution in [0.5, 0.6) is 0 Å². The van der Waals surface area contributed by atoms with Gasteiger partial charge in [0.2, 0.25) is 0 Å². The summed E-state index contributed by atoms with van der Waals surface area (Å²) >= 11 is 0. The Balaban J connectivity index is 1.62. The molecular formula is C27H25F4NO2. The molecule has 1 saturated carbocycles. The van der Waals surface area contributed by atoms with Crippen LogP contribution in [-0.4, -0.2) is 36.2 Å². The summed E-state index contributed by atoms with van der Waals surface area (Å²) in [5.41, 5.74) is 1.40. The molecule has 1 fully saturated rings. The predicted octanol–water partition coefficient (Wildman–Crippen LogP) is 5.94. The zero-order valence-corrected chi connectivity index (χ0v) is 19.0. The number of nitrogens with zero attached hydrogens (tertiary/aromatic N) is 1. The van der Waals surface area contributed by atoms with E-state index in [1.54, 1.807) is 6.07 Å². The van der Waals surface area contributed by atoms with Crippen molar-refractivity contribution in [2.75, 3.05) is 13.7 Å². The Labute approximate surface area is 195 Å². The molecule has 3 aliphatic rings. The van der Waals surface area contributed by atoms with E-state index in [0.717, 1.165) is 34.9 Å². The second kappa shape index (κ2) is 8.38. The Morgan fingerprint density at radius 1 is 1.18 bits per heavy atom. The molecule has 3 nitrogen and oxygen atoms in total. The lowest BCUT2D eigenvalue weighted by atomic mass is 9.84. The van der Waals surface area contributed by atoms with Crippen LogP contribution in [0.3, 0.4) is 0 Å². The van der Waals surface area contributed by atoms with Crippen molar-refractivity contribution in [3.05, 3.63) is 81.7 Å². The zero-order chi connectivity index (χ0) is 24.2. The van der Waals surface area contributed by atoms with Crippen molar-refractivity contribution in [1.29, 1.82) is 0 Å². The van der Waals surface area contributed by atoms with Crippen LogP contribution in [0.1, 0.15) is 54.5 Å². The normalized spacial score (nSPS) is 23.2. The van der Waals surface area contributed by atoms with E-state index in [2.05, 4.69) is 4.74 Å². The monoisotopic (exact) mass is 471 g/mol. The number of alkyl halides is 1. The fourth-order valence-corrected chi connectivity index (χ4v) is 5.29.